The lowest BCUT2D eigenvalue weighted by Gasteiger charge is -2.14. The van der Waals surface area contributed by atoms with Crippen molar-refractivity contribution in [2.45, 2.75) is 6.10 Å². The Balaban J connectivity index is 2.67. The number of ether oxygens (including phenoxy) is 1. The molecule has 2 aromatic carbocycles. The minimum atomic E-state index is -0.981. The number of methoxy groups -OCH3 is 1. The Hall–Kier alpha value is -2.31. The molecule has 2 aromatic rings. The highest BCUT2D eigenvalue weighted by atomic mass is 16.5. The zero-order valence-corrected chi connectivity index (χ0v) is 10.1. The van der Waals surface area contributed by atoms with Crippen LogP contribution in [0.25, 0.3) is 10.8 Å². The quantitative estimate of drug-likeness (QED) is 0.838. The first-order chi connectivity index (χ1) is 8.69. The van der Waals surface area contributed by atoms with Crippen molar-refractivity contribution in [3.8, 4) is 11.8 Å². The summed E-state index contributed by atoms with van der Waals surface area (Å²) < 4.78 is 5.28. The van der Waals surface area contributed by atoms with Gasteiger partial charge in [0, 0.05) is 5.39 Å². The van der Waals surface area contributed by atoms with E-state index in [2.05, 4.69) is 6.58 Å². The molecular formula is C15H13NO2. The molecule has 0 bridgehead atoms. The molecule has 1 unspecified atom stereocenters. The van der Waals surface area contributed by atoms with Gasteiger partial charge in [0.25, 0.3) is 0 Å². The van der Waals surface area contributed by atoms with E-state index in [0.717, 1.165) is 16.5 Å². The number of hydrogen-bond acceptors (Lipinski definition) is 3. The van der Waals surface area contributed by atoms with Crippen LogP contribution in [0.1, 0.15) is 11.7 Å². The maximum atomic E-state index is 10.1. The van der Waals surface area contributed by atoms with Gasteiger partial charge in [-0.2, -0.15) is 5.26 Å². The molecule has 0 radical (unpaired) electrons. The van der Waals surface area contributed by atoms with E-state index in [4.69, 9.17) is 10.00 Å². The fraction of sp³-hybridized carbons (Fsp3) is 0.133. The summed E-state index contributed by atoms with van der Waals surface area (Å²) in [6.45, 7) is 3.56. The molecule has 3 heteroatoms. The zero-order chi connectivity index (χ0) is 13.1. The van der Waals surface area contributed by atoms with Crippen molar-refractivity contribution in [1.82, 2.24) is 0 Å². The average Bonchev–Trinajstić information content (AvgIpc) is 2.44. The molecular weight excluding hydrogens is 226 g/mol. The molecule has 1 atom stereocenters. The van der Waals surface area contributed by atoms with Crippen LogP contribution >= 0.6 is 0 Å². The molecule has 3 nitrogen and oxygen atoms in total. The van der Waals surface area contributed by atoms with Crippen LogP contribution < -0.4 is 4.74 Å². The van der Waals surface area contributed by atoms with Gasteiger partial charge in [0.2, 0.25) is 0 Å². The first kappa shape index (κ1) is 12.2. The van der Waals surface area contributed by atoms with Crippen LogP contribution in [0.3, 0.4) is 0 Å². The van der Waals surface area contributed by atoms with Crippen molar-refractivity contribution in [2.24, 2.45) is 0 Å². The molecule has 0 spiro atoms. The molecule has 18 heavy (non-hydrogen) atoms. The van der Waals surface area contributed by atoms with Gasteiger partial charge in [-0.3, -0.25) is 0 Å². The van der Waals surface area contributed by atoms with Gasteiger partial charge < -0.3 is 9.84 Å². The Morgan fingerprint density at radius 2 is 1.94 bits per heavy atom. The van der Waals surface area contributed by atoms with E-state index >= 15 is 0 Å². The summed E-state index contributed by atoms with van der Waals surface area (Å²) in [7, 11) is 1.60. The Morgan fingerprint density at radius 1 is 1.28 bits per heavy atom. The largest absolute Gasteiger partial charge is 0.496 e. The summed E-state index contributed by atoms with van der Waals surface area (Å²) >= 11 is 0. The van der Waals surface area contributed by atoms with E-state index in [1.165, 1.54) is 0 Å². The van der Waals surface area contributed by atoms with Gasteiger partial charge in [-0.1, -0.05) is 36.9 Å². The van der Waals surface area contributed by atoms with E-state index in [0.29, 0.717) is 5.56 Å². The van der Waals surface area contributed by atoms with Crippen LogP contribution in [0.4, 0.5) is 0 Å². The predicted molar refractivity (Wildman–Crippen MR) is 70.2 cm³/mol. The molecule has 0 fully saturated rings. The maximum Gasteiger partial charge on any atom is 0.126 e. The van der Waals surface area contributed by atoms with Crippen LogP contribution in [0, 0.1) is 11.3 Å². The topological polar surface area (TPSA) is 53.2 Å². The lowest BCUT2D eigenvalue weighted by molar-refractivity contribution is 0.222. The number of fused-ring (bicyclic) bond motifs is 1. The first-order valence-electron chi connectivity index (χ1n) is 5.51. The van der Waals surface area contributed by atoms with E-state index in [1.807, 2.05) is 30.3 Å². The summed E-state index contributed by atoms with van der Waals surface area (Å²) in [5.41, 5.74) is 0.795. The zero-order valence-electron chi connectivity index (χ0n) is 10.1. The molecule has 1 N–H and O–H groups in total. The van der Waals surface area contributed by atoms with Crippen LogP contribution in [0.2, 0.25) is 0 Å². The summed E-state index contributed by atoms with van der Waals surface area (Å²) in [5.74, 6) is 0.740. The first-order valence-corrected chi connectivity index (χ1v) is 5.51. The summed E-state index contributed by atoms with van der Waals surface area (Å²) in [6, 6.07) is 13.0. The number of benzene rings is 2. The Bertz CT molecular complexity index is 640. The lowest BCUT2D eigenvalue weighted by Crippen LogP contribution is -2.00. The number of aliphatic hydroxyl groups excluding tert-OH is 1. The molecule has 0 aliphatic carbocycles. The Morgan fingerprint density at radius 3 is 2.56 bits per heavy atom. The molecule has 0 amide bonds. The number of nitrogens with zero attached hydrogens (tertiary/aromatic N) is 1. The van der Waals surface area contributed by atoms with Crippen molar-refractivity contribution < 1.29 is 9.84 Å². The van der Waals surface area contributed by atoms with E-state index in [-0.39, 0.29) is 5.57 Å². The van der Waals surface area contributed by atoms with E-state index in [1.54, 1.807) is 19.2 Å². The van der Waals surface area contributed by atoms with Gasteiger partial charge in [0.1, 0.15) is 11.9 Å². The molecule has 90 valence electrons. The van der Waals surface area contributed by atoms with Crippen molar-refractivity contribution in [2.75, 3.05) is 7.11 Å². The van der Waals surface area contributed by atoms with Gasteiger partial charge in [-0.25, -0.2) is 0 Å². The number of aliphatic hydroxyl groups is 1. The lowest BCUT2D eigenvalue weighted by atomic mass is 9.96. The SMILES string of the molecule is C=C(C#N)C(O)c1ccc(OC)c2ccccc12. The van der Waals surface area contributed by atoms with Crippen LogP contribution in [-0.2, 0) is 0 Å². The van der Waals surface area contributed by atoms with Crippen molar-refractivity contribution in [1.29, 1.82) is 5.26 Å². The third-order valence-corrected chi connectivity index (χ3v) is 2.91. The second-order valence-electron chi connectivity index (χ2n) is 3.94. The van der Waals surface area contributed by atoms with Crippen molar-refractivity contribution in [3.05, 3.63) is 54.1 Å². The summed E-state index contributed by atoms with van der Waals surface area (Å²) in [6.07, 6.45) is -0.981. The summed E-state index contributed by atoms with van der Waals surface area (Å²) in [5, 5.41) is 20.7. The smallest absolute Gasteiger partial charge is 0.126 e. The van der Waals surface area contributed by atoms with Gasteiger partial charge in [0.05, 0.1) is 18.8 Å². The van der Waals surface area contributed by atoms with Gasteiger partial charge in [-0.05, 0) is 17.0 Å². The Labute approximate surface area is 106 Å². The van der Waals surface area contributed by atoms with E-state index < -0.39 is 6.10 Å². The minimum Gasteiger partial charge on any atom is -0.496 e. The monoisotopic (exact) mass is 239 g/mol. The molecule has 0 saturated carbocycles. The molecule has 0 saturated heterocycles. The fourth-order valence-electron chi connectivity index (χ4n) is 1.96. The minimum absolute atomic E-state index is 0.130. The number of nitriles is 1. The number of rotatable bonds is 3. The third kappa shape index (κ3) is 1.94. The second kappa shape index (κ2) is 4.91. The third-order valence-electron chi connectivity index (χ3n) is 2.91. The average molecular weight is 239 g/mol. The van der Waals surface area contributed by atoms with Crippen molar-refractivity contribution >= 4 is 10.8 Å². The Kier molecular flexibility index (Phi) is 3.31. The molecule has 0 heterocycles. The highest BCUT2D eigenvalue weighted by Crippen LogP contribution is 2.33. The molecule has 0 aromatic heterocycles. The second-order valence-corrected chi connectivity index (χ2v) is 3.94. The molecule has 0 aliphatic rings. The van der Waals surface area contributed by atoms with Gasteiger partial charge in [0.15, 0.2) is 0 Å². The van der Waals surface area contributed by atoms with E-state index in [9.17, 15) is 5.11 Å². The molecule has 0 aliphatic heterocycles. The number of hydrogen-bond donors (Lipinski definition) is 1. The summed E-state index contributed by atoms with van der Waals surface area (Å²) in [4.78, 5) is 0. The van der Waals surface area contributed by atoms with Crippen LogP contribution in [0.15, 0.2) is 48.6 Å². The normalized spacial score (nSPS) is 11.8. The fourth-order valence-corrected chi connectivity index (χ4v) is 1.96. The highest BCUT2D eigenvalue weighted by Gasteiger charge is 2.15. The van der Waals surface area contributed by atoms with Gasteiger partial charge in [-0.15, -0.1) is 0 Å². The molecule has 2 rings (SSSR count). The van der Waals surface area contributed by atoms with Gasteiger partial charge >= 0.3 is 0 Å². The van der Waals surface area contributed by atoms with Crippen molar-refractivity contribution in [3.63, 3.8) is 0 Å². The maximum absolute atomic E-state index is 10.1. The van der Waals surface area contributed by atoms with Crippen LogP contribution in [-0.4, -0.2) is 12.2 Å². The predicted octanol–water partition coefficient (Wildman–Crippen LogP) is 2.96. The standard InChI is InChI=1S/C15H13NO2/c1-10(9-16)15(17)13-7-8-14(18-2)12-6-4-3-5-11(12)13/h3-8,15,17H,1H2,2H3. The highest BCUT2D eigenvalue weighted by molar-refractivity contribution is 5.91. The van der Waals surface area contributed by atoms with Crippen LogP contribution in [0.5, 0.6) is 5.75 Å².